The second-order valence-electron chi connectivity index (χ2n) is 7.29. The predicted molar refractivity (Wildman–Crippen MR) is 131 cm³/mol. The maximum atomic E-state index is 11.8. The van der Waals surface area contributed by atoms with E-state index in [9.17, 15) is 19.5 Å². The Labute approximate surface area is 206 Å². The van der Waals surface area contributed by atoms with Gasteiger partial charge >= 0.3 is 17.9 Å². The van der Waals surface area contributed by atoms with Gasteiger partial charge in [-0.3, -0.25) is 0 Å². The molecule has 0 heterocycles. The van der Waals surface area contributed by atoms with Gasteiger partial charge in [0.15, 0.2) is 0 Å². The second kappa shape index (κ2) is 12.9. The van der Waals surface area contributed by atoms with Gasteiger partial charge in [-0.05, 0) is 61.3 Å². The number of carbonyl (C=O) groups excluding carboxylic acids is 2. The zero-order valence-corrected chi connectivity index (χ0v) is 20.8. The summed E-state index contributed by atoms with van der Waals surface area (Å²) in [7, 11) is 4.95. The normalized spacial score (nSPS) is 11.9. The number of hydrogen-bond acceptors (Lipinski definition) is 7. The third kappa shape index (κ3) is 8.17. The highest BCUT2D eigenvalue weighted by molar-refractivity contribution is 14.1. The largest absolute Gasteiger partial charge is 0.488 e. The van der Waals surface area contributed by atoms with E-state index in [1.54, 1.807) is 12.1 Å². The summed E-state index contributed by atoms with van der Waals surface area (Å²) >= 11 is 2.24. The third-order valence-corrected chi connectivity index (χ3v) is 5.57. The van der Waals surface area contributed by atoms with Crippen LogP contribution in [0, 0.1) is 3.57 Å². The van der Waals surface area contributed by atoms with Crippen LogP contribution in [0.3, 0.4) is 0 Å². The Bertz CT molecular complexity index is 1020. The molecule has 0 amide bonds. The first kappa shape index (κ1) is 26.3. The standard InChI is InChI=1S/C24H26INO7/c1-26(2)13-7-6-8-16-14-17(21(22(27)28)33-24(30)23(29)31-3)11-12-20(16)32-15-18-9-4-5-10-19(18)25/h4-6,8-12,14,21H,7,13,15H2,1-3H3,(H,27,28)/b8-6+. The van der Waals surface area contributed by atoms with Crippen molar-refractivity contribution in [1.82, 2.24) is 4.90 Å². The molecule has 0 spiro atoms. The summed E-state index contributed by atoms with van der Waals surface area (Å²) in [6, 6.07) is 12.5. The van der Waals surface area contributed by atoms with Gasteiger partial charge in [0.2, 0.25) is 6.10 Å². The molecular formula is C24H26INO7. The fourth-order valence-electron chi connectivity index (χ4n) is 2.81. The van der Waals surface area contributed by atoms with Crippen LogP contribution in [0.4, 0.5) is 0 Å². The van der Waals surface area contributed by atoms with E-state index in [-0.39, 0.29) is 5.56 Å². The van der Waals surface area contributed by atoms with E-state index in [1.165, 1.54) is 6.07 Å². The number of benzene rings is 2. The van der Waals surface area contributed by atoms with Crippen LogP contribution in [0.15, 0.2) is 48.5 Å². The highest BCUT2D eigenvalue weighted by Gasteiger charge is 2.29. The molecule has 1 N–H and O–H groups in total. The Hall–Kier alpha value is -2.92. The molecule has 2 aromatic carbocycles. The van der Waals surface area contributed by atoms with E-state index in [2.05, 4.69) is 27.3 Å². The number of aliphatic carboxylic acids is 1. The molecule has 0 fully saturated rings. The number of methoxy groups -OCH3 is 1. The van der Waals surface area contributed by atoms with Crippen LogP contribution >= 0.6 is 22.6 Å². The average molecular weight is 567 g/mol. The van der Waals surface area contributed by atoms with Crippen molar-refractivity contribution in [1.29, 1.82) is 0 Å². The summed E-state index contributed by atoms with van der Waals surface area (Å²) in [5, 5.41) is 9.56. The van der Waals surface area contributed by atoms with Gasteiger partial charge in [-0.15, -0.1) is 0 Å². The van der Waals surface area contributed by atoms with E-state index in [0.717, 1.165) is 29.2 Å². The van der Waals surface area contributed by atoms with Crippen molar-refractivity contribution in [3.05, 3.63) is 68.8 Å². The number of carbonyl (C=O) groups is 3. The summed E-state index contributed by atoms with van der Waals surface area (Å²) in [6.45, 7) is 1.17. The number of hydrogen-bond donors (Lipinski definition) is 1. The molecule has 0 bridgehead atoms. The van der Waals surface area contributed by atoms with Crippen LogP contribution in [-0.4, -0.2) is 55.7 Å². The van der Waals surface area contributed by atoms with Crippen LogP contribution < -0.4 is 4.74 Å². The fraction of sp³-hybridized carbons (Fsp3) is 0.292. The molecule has 2 aromatic rings. The summed E-state index contributed by atoms with van der Waals surface area (Å²) in [5.74, 6) is -3.53. The van der Waals surface area contributed by atoms with Gasteiger partial charge in [0, 0.05) is 26.8 Å². The van der Waals surface area contributed by atoms with E-state index >= 15 is 0 Å². The van der Waals surface area contributed by atoms with Gasteiger partial charge < -0.3 is 24.2 Å². The number of ether oxygens (including phenoxy) is 3. The van der Waals surface area contributed by atoms with Crippen LogP contribution in [0.1, 0.15) is 29.2 Å². The quantitative estimate of drug-likeness (QED) is 0.264. The molecular weight excluding hydrogens is 541 g/mol. The van der Waals surface area contributed by atoms with Crippen molar-refractivity contribution in [3.63, 3.8) is 0 Å². The molecule has 1 unspecified atom stereocenters. The number of halogens is 1. The van der Waals surface area contributed by atoms with E-state index < -0.39 is 24.0 Å². The Morgan fingerprint density at radius 3 is 2.48 bits per heavy atom. The minimum absolute atomic E-state index is 0.189. The monoisotopic (exact) mass is 567 g/mol. The molecule has 0 saturated carbocycles. The van der Waals surface area contributed by atoms with Gasteiger partial charge in [-0.1, -0.05) is 36.4 Å². The van der Waals surface area contributed by atoms with Crippen molar-refractivity contribution >= 4 is 46.6 Å². The molecule has 2 rings (SSSR count). The Morgan fingerprint density at radius 1 is 1.12 bits per heavy atom. The predicted octanol–water partition coefficient (Wildman–Crippen LogP) is 3.68. The Balaban J connectivity index is 2.33. The van der Waals surface area contributed by atoms with Crippen molar-refractivity contribution in [3.8, 4) is 5.75 Å². The molecule has 0 aliphatic rings. The molecule has 0 radical (unpaired) electrons. The average Bonchev–Trinajstić information content (AvgIpc) is 2.79. The molecule has 0 aliphatic heterocycles. The Kier molecular flexibility index (Phi) is 10.3. The number of esters is 2. The zero-order valence-electron chi connectivity index (χ0n) is 18.6. The molecule has 9 heteroatoms. The van der Waals surface area contributed by atoms with Crippen LogP contribution in [-0.2, 0) is 30.5 Å². The van der Waals surface area contributed by atoms with Crippen molar-refractivity contribution in [2.75, 3.05) is 27.7 Å². The topological polar surface area (TPSA) is 102 Å². The summed E-state index contributed by atoms with van der Waals surface area (Å²) < 4.78 is 16.2. The van der Waals surface area contributed by atoms with Crippen molar-refractivity contribution in [2.45, 2.75) is 19.1 Å². The molecule has 0 aliphatic carbocycles. The number of carboxylic acids is 1. The minimum Gasteiger partial charge on any atom is -0.488 e. The lowest BCUT2D eigenvalue weighted by Crippen LogP contribution is -2.25. The second-order valence-corrected chi connectivity index (χ2v) is 8.45. The number of carboxylic acid groups (broad SMARTS) is 1. The van der Waals surface area contributed by atoms with Gasteiger partial charge in [0.25, 0.3) is 0 Å². The molecule has 8 nitrogen and oxygen atoms in total. The molecule has 0 aromatic heterocycles. The number of rotatable bonds is 10. The van der Waals surface area contributed by atoms with E-state index in [0.29, 0.717) is 17.9 Å². The number of nitrogens with zero attached hydrogens (tertiary/aromatic N) is 1. The van der Waals surface area contributed by atoms with E-state index in [4.69, 9.17) is 9.47 Å². The SMILES string of the molecule is COC(=O)C(=O)OC(C(=O)O)c1ccc(OCc2ccccc2I)c(/C=C/CCN(C)C)c1. The molecule has 33 heavy (non-hydrogen) atoms. The zero-order chi connectivity index (χ0) is 24.4. The molecule has 1 atom stereocenters. The lowest BCUT2D eigenvalue weighted by atomic mass is 10.0. The fourth-order valence-corrected chi connectivity index (χ4v) is 3.35. The summed E-state index contributed by atoms with van der Waals surface area (Å²) in [4.78, 5) is 36.9. The van der Waals surface area contributed by atoms with Crippen molar-refractivity contribution < 1.29 is 33.7 Å². The highest BCUT2D eigenvalue weighted by atomic mass is 127. The molecule has 0 saturated heterocycles. The maximum Gasteiger partial charge on any atom is 0.418 e. The first-order valence-corrected chi connectivity index (χ1v) is 11.1. The highest BCUT2D eigenvalue weighted by Crippen LogP contribution is 2.28. The van der Waals surface area contributed by atoms with Gasteiger partial charge in [0.1, 0.15) is 12.4 Å². The van der Waals surface area contributed by atoms with Gasteiger partial charge in [0.05, 0.1) is 7.11 Å². The van der Waals surface area contributed by atoms with Crippen LogP contribution in [0.25, 0.3) is 6.08 Å². The smallest absolute Gasteiger partial charge is 0.418 e. The first-order valence-electron chi connectivity index (χ1n) is 10.1. The summed E-state index contributed by atoms with van der Waals surface area (Å²) in [6.07, 6.45) is 2.88. The molecule has 176 valence electrons. The lowest BCUT2D eigenvalue weighted by Gasteiger charge is -2.16. The Morgan fingerprint density at radius 2 is 1.85 bits per heavy atom. The first-order chi connectivity index (χ1) is 15.7. The van der Waals surface area contributed by atoms with E-state index in [1.807, 2.05) is 55.4 Å². The lowest BCUT2D eigenvalue weighted by molar-refractivity contribution is -0.175. The van der Waals surface area contributed by atoms with Crippen LogP contribution in [0.5, 0.6) is 5.75 Å². The minimum atomic E-state index is -1.67. The van der Waals surface area contributed by atoms with Crippen molar-refractivity contribution in [2.24, 2.45) is 0 Å². The van der Waals surface area contributed by atoms with Gasteiger partial charge in [-0.25, -0.2) is 14.4 Å². The summed E-state index contributed by atoms with van der Waals surface area (Å²) in [5.41, 5.74) is 1.83. The third-order valence-electron chi connectivity index (χ3n) is 4.52. The van der Waals surface area contributed by atoms with Crippen LogP contribution in [0.2, 0.25) is 0 Å². The maximum absolute atomic E-state index is 11.8. The van der Waals surface area contributed by atoms with Gasteiger partial charge in [-0.2, -0.15) is 0 Å².